The van der Waals surface area contributed by atoms with Crippen molar-refractivity contribution in [2.75, 3.05) is 12.0 Å². The summed E-state index contributed by atoms with van der Waals surface area (Å²) in [4.78, 5) is 14.4. The quantitative estimate of drug-likeness (QED) is 0.615. The van der Waals surface area contributed by atoms with Crippen molar-refractivity contribution in [2.45, 2.75) is 6.04 Å². The Kier molecular flexibility index (Phi) is 4.99. The van der Waals surface area contributed by atoms with Gasteiger partial charge in [0.05, 0.1) is 13.2 Å². The summed E-state index contributed by atoms with van der Waals surface area (Å²) in [6.07, 6.45) is 0. The summed E-state index contributed by atoms with van der Waals surface area (Å²) in [6, 6.07) is 18.9. The van der Waals surface area contributed by atoms with Crippen LogP contribution >= 0.6 is 11.6 Å². The predicted molar refractivity (Wildman–Crippen MR) is 111 cm³/mol. The lowest BCUT2D eigenvalue weighted by Crippen LogP contribution is -2.30. The number of aliphatic hydroxyl groups is 1. The van der Waals surface area contributed by atoms with Gasteiger partial charge in [-0.05, 0) is 48.0 Å². The number of amides is 1. The topological polar surface area (TPSA) is 49.8 Å². The Balaban J connectivity index is 1.91. The lowest BCUT2D eigenvalue weighted by atomic mass is 9.93. The van der Waals surface area contributed by atoms with Crippen LogP contribution in [-0.4, -0.2) is 18.1 Å². The zero-order valence-electron chi connectivity index (χ0n) is 15.5. The van der Waals surface area contributed by atoms with Crippen molar-refractivity contribution in [1.82, 2.24) is 0 Å². The smallest absolute Gasteiger partial charge is 0.294 e. The minimum atomic E-state index is -0.835. The molecule has 0 aromatic heterocycles. The second-order valence-electron chi connectivity index (χ2n) is 6.57. The van der Waals surface area contributed by atoms with E-state index in [1.165, 1.54) is 11.0 Å². The van der Waals surface area contributed by atoms with E-state index in [0.717, 1.165) is 0 Å². The molecule has 1 N–H and O–H groups in total. The van der Waals surface area contributed by atoms with E-state index >= 15 is 0 Å². The molecular weight excluding hydrogens is 393 g/mol. The number of aliphatic hydroxyl groups excluding tert-OH is 1. The molecule has 146 valence electrons. The fourth-order valence-corrected chi connectivity index (χ4v) is 3.66. The van der Waals surface area contributed by atoms with Crippen molar-refractivity contribution in [3.8, 4) is 5.75 Å². The van der Waals surface area contributed by atoms with E-state index in [2.05, 4.69) is 0 Å². The van der Waals surface area contributed by atoms with E-state index in [1.807, 2.05) is 0 Å². The molecule has 1 heterocycles. The molecule has 0 spiro atoms. The average molecular weight is 410 g/mol. The number of hydrogen-bond acceptors (Lipinski definition) is 3. The van der Waals surface area contributed by atoms with Crippen molar-refractivity contribution < 1.29 is 19.0 Å². The van der Waals surface area contributed by atoms with E-state index in [-0.39, 0.29) is 5.56 Å². The highest BCUT2D eigenvalue weighted by molar-refractivity contribution is 6.30. The van der Waals surface area contributed by atoms with E-state index in [4.69, 9.17) is 16.3 Å². The Labute approximate surface area is 172 Å². The standard InChI is InChI=1S/C23H17ClFNO3/c1-29-17-12-6-14(7-13-17)20-21(18-4-2-3-5-19(18)25)26(23(28)22(20)27)16-10-8-15(24)9-11-16/h2-13,21,27H,1H3/t21-/m0/s1. The van der Waals surface area contributed by atoms with Crippen LogP contribution in [0.4, 0.5) is 10.1 Å². The summed E-state index contributed by atoms with van der Waals surface area (Å²) in [5, 5.41) is 11.3. The van der Waals surface area contributed by atoms with Gasteiger partial charge in [-0.3, -0.25) is 9.69 Å². The number of anilines is 1. The Morgan fingerprint density at radius 3 is 2.28 bits per heavy atom. The minimum Gasteiger partial charge on any atom is -0.503 e. The van der Waals surface area contributed by atoms with Gasteiger partial charge >= 0.3 is 0 Å². The van der Waals surface area contributed by atoms with E-state index in [0.29, 0.717) is 27.6 Å². The summed E-state index contributed by atoms with van der Waals surface area (Å²) in [6.45, 7) is 0. The van der Waals surface area contributed by atoms with Crippen molar-refractivity contribution in [3.63, 3.8) is 0 Å². The summed E-state index contributed by atoms with van der Waals surface area (Å²) >= 11 is 5.98. The maximum atomic E-state index is 14.8. The Morgan fingerprint density at radius 2 is 1.66 bits per heavy atom. The molecule has 0 saturated carbocycles. The summed E-state index contributed by atoms with van der Waals surface area (Å²) in [5.41, 5.74) is 1.72. The number of methoxy groups -OCH3 is 1. The molecule has 6 heteroatoms. The predicted octanol–water partition coefficient (Wildman–Crippen LogP) is 5.54. The fraction of sp³-hybridized carbons (Fsp3) is 0.0870. The number of ether oxygens (including phenoxy) is 1. The number of nitrogens with zero attached hydrogens (tertiary/aromatic N) is 1. The molecule has 1 atom stereocenters. The van der Waals surface area contributed by atoms with Crippen molar-refractivity contribution in [3.05, 3.63) is 101 Å². The molecule has 0 aliphatic carbocycles. The van der Waals surface area contributed by atoms with Gasteiger partial charge in [0.15, 0.2) is 5.76 Å². The highest BCUT2D eigenvalue weighted by Crippen LogP contribution is 2.46. The molecule has 29 heavy (non-hydrogen) atoms. The van der Waals surface area contributed by atoms with Gasteiger partial charge in [-0.25, -0.2) is 4.39 Å². The second kappa shape index (κ2) is 7.60. The molecule has 4 nitrogen and oxygen atoms in total. The number of carbonyl (C=O) groups is 1. The van der Waals surface area contributed by atoms with Gasteiger partial charge in [-0.2, -0.15) is 0 Å². The van der Waals surface area contributed by atoms with Crippen LogP contribution in [0.1, 0.15) is 17.2 Å². The third-order valence-corrected chi connectivity index (χ3v) is 5.17. The van der Waals surface area contributed by atoms with E-state index in [1.54, 1.807) is 73.8 Å². The minimum absolute atomic E-state index is 0.283. The normalized spacial score (nSPS) is 16.4. The zero-order chi connectivity index (χ0) is 20.5. The molecule has 3 aromatic carbocycles. The number of halogens is 2. The van der Waals surface area contributed by atoms with E-state index < -0.39 is 23.5 Å². The van der Waals surface area contributed by atoms with E-state index in [9.17, 15) is 14.3 Å². The average Bonchev–Trinajstić information content (AvgIpc) is 3.00. The highest BCUT2D eigenvalue weighted by Gasteiger charge is 2.43. The van der Waals surface area contributed by atoms with Crippen molar-refractivity contribution in [1.29, 1.82) is 0 Å². The number of rotatable bonds is 4. The largest absolute Gasteiger partial charge is 0.503 e. The third kappa shape index (κ3) is 3.34. The Bertz CT molecular complexity index is 1090. The van der Waals surface area contributed by atoms with Crippen LogP contribution in [0.2, 0.25) is 5.02 Å². The molecule has 0 saturated heterocycles. The van der Waals surface area contributed by atoms with Crippen LogP contribution < -0.4 is 9.64 Å². The van der Waals surface area contributed by atoms with Crippen LogP contribution in [0.15, 0.2) is 78.6 Å². The van der Waals surface area contributed by atoms with Gasteiger partial charge < -0.3 is 9.84 Å². The van der Waals surface area contributed by atoms with Crippen molar-refractivity contribution >= 4 is 28.8 Å². The van der Waals surface area contributed by atoms with Gasteiger partial charge in [0.1, 0.15) is 11.6 Å². The van der Waals surface area contributed by atoms with Crippen LogP contribution in [0.25, 0.3) is 5.57 Å². The molecule has 1 aliphatic heterocycles. The molecule has 1 aliphatic rings. The summed E-state index contributed by atoms with van der Waals surface area (Å²) in [7, 11) is 1.55. The number of carbonyl (C=O) groups excluding carboxylic acids is 1. The van der Waals surface area contributed by atoms with Crippen LogP contribution in [0.5, 0.6) is 5.75 Å². The SMILES string of the molecule is COc1ccc(C2=C(O)C(=O)N(c3ccc(Cl)cc3)[C@H]2c2ccccc2F)cc1. The van der Waals surface area contributed by atoms with Gasteiger partial charge in [0, 0.05) is 21.8 Å². The molecule has 1 amide bonds. The van der Waals surface area contributed by atoms with Crippen molar-refractivity contribution in [2.24, 2.45) is 0 Å². The maximum absolute atomic E-state index is 14.8. The summed E-state index contributed by atoms with van der Waals surface area (Å²) in [5.74, 6) is -0.857. The third-order valence-electron chi connectivity index (χ3n) is 4.91. The molecule has 0 bridgehead atoms. The Morgan fingerprint density at radius 1 is 1.00 bits per heavy atom. The lowest BCUT2D eigenvalue weighted by Gasteiger charge is -2.27. The number of benzene rings is 3. The molecule has 0 unspecified atom stereocenters. The molecule has 0 fully saturated rings. The zero-order valence-corrected chi connectivity index (χ0v) is 16.2. The second-order valence-corrected chi connectivity index (χ2v) is 7.00. The maximum Gasteiger partial charge on any atom is 0.294 e. The van der Waals surface area contributed by atoms with Gasteiger partial charge in [-0.1, -0.05) is 41.9 Å². The number of hydrogen-bond donors (Lipinski definition) is 1. The van der Waals surface area contributed by atoms with Crippen LogP contribution in [0.3, 0.4) is 0 Å². The first-order valence-corrected chi connectivity index (χ1v) is 9.30. The Hall–Kier alpha value is -3.31. The molecular formula is C23H17ClFNO3. The summed E-state index contributed by atoms with van der Waals surface area (Å²) < 4.78 is 20.0. The fourth-order valence-electron chi connectivity index (χ4n) is 3.53. The highest BCUT2D eigenvalue weighted by atomic mass is 35.5. The lowest BCUT2D eigenvalue weighted by molar-refractivity contribution is -0.117. The van der Waals surface area contributed by atoms with Gasteiger partial charge in [0.25, 0.3) is 5.91 Å². The monoisotopic (exact) mass is 409 g/mol. The first-order chi connectivity index (χ1) is 14.0. The van der Waals surface area contributed by atoms with Gasteiger partial charge in [-0.15, -0.1) is 0 Å². The molecule has 0 radical (unpaired) electrons. The van der Waals surface area contributed by atoms with Gasteiger partial charge in [0.2, 0.25) is 0 Å². The first-order valence-electron chi connectivity index (χ1n) is 8.92. The van der Waals surface area contributed by atoms with Crippen LogP contribution in [-0.2, 0) is 4.79 Å². The molecule has 3 aromatic rings. The first kappa shape index (κ1) is 19.0. The van der Waals surface area contributed by atoms with Crippen LogP contribution in [0, 0.1) is 5.82 Å². The molecule has 4 rings (SSSR count).